The number of hydrogen-bond acceptors (Lipinski definition) is 4. The second kappa shape index (κ2) is 7.29. The largest absolute Gasteiger partial charge is 0.369 e. The summed E-state index contributed by atoms with van der Waals surface area (Å²) in [5.41, 5.74) is 5.55. The van der Waals surface area contributed by atoms with Crippen molar-refractivity contribution in [3.8, 4) is 16.9 Å². The minimum Gasteiger partial charge on any atom is -0.369 e. The highest BCUT2D eigenvalue weighted by Gasteiger charge is 2.23. The number of rotatable bonds is 3. The maximum atomic E-state index is 12.9. The van der Waals surface area contributed by atoms with Crippen LogP contribution < -0.4 is 10.5 Å². The van der Waals surface area contributed by atoms with Gasteiger partial charge in [-0.25, -0.2) is 0 Å². The zero-order valence-corrected chi connectivity index (χ0v) is 17.7. The summed E-state index contributed by atoms with van der Waals surface area (Å²) in [4.78, 5) is 21.3. The van der Waals surface area contributed by atoms with Crippen LogP contribution in [0, 0.1) is 6.92 Å². The maximum Gasteiger partial charge on any atom is 0.282 e. The van der Waals surface area contributed by atoms with Crippen LogP contribution in [0.15, 0.2) is 53.5 Å². The average Bonchev–Trinajstić information content (AvgIpc) is 3.12. The summed E-state index contributed by atoms with van der Waals surface area (Å²) in [6.07, 6.45) is 1.81. The van der Waals surface area contributed by atoms with Crippen LogP contribution >= 0.6 is 0 Å². The van der Waals surface area contributed by atoms with Gasteiger partial charge in [0.2, 0.25) is 0 Å². The molecule has 0 aromatic heterocycles. The Morgan fingerprint density at radius 3 is 2.43 bits per heavy atom. The number of aromatic amines is 1. The van der Waals surface area contributed by atoms with Gasteiger partial charge in [-0.2, -0.15) is 9.78 Å². The van der Waals surface area contributed by atoms with Crippen LogP contribution in [0.25, 0.3) is 27.8 Å². The van der Waals surface area contributed by atoms with E-state index in [0.717, 1.165) is 48.5 Å². The molecular weight excluding hydrogens is 374 g/mol. The number of para-hydroxylation sites is 1. The molecular formula is C24H27N5O. The number of hydrogen-bond donors (Lipinski definition) is 1. The first-order chi connectivity index (χ1) is 14.5. The fourth-order valence-electron chi connectivity index (χ4n) is 4.54. The monoisotopic (exact) mass is 401 g/mol. The molecule has 0 unspecified atom stereocenters. The van der Waals surface area contributed by atoms with E-state index >= 15 is 0 Å². The van der Waals surface area contributed by atoms with Crippen molar-refractivity contribution in [2.45, 2.75) is 26.8 Å². The fourth-order valence-corrected chi connectivity index (χ4v) is 4.54. The fraction of sp³-hybridized carbons (Fsp3) is 0.333. The van der Waals surface area contributed by atoms with Gasteiger partial charge in [-0.15, -0.1) is 0 Å². The van der Waals surface area contributed by atoms with Gasteiger partial charge in [0.25, 0.3) is 5.56 Å². The SMILES string of the molecule is Cc1c(N2CCN(C(C)C)CC2)ccc2c3nn(-c4ccccc4)c(=O)c-3c[nH]c12. The Balaban J connectivity index is 1.57. The molecule has 0 aliphatic carbocycles. The molecule has 1 saturated heterocycles. The first-order valence-corrected chi connectivity index (χ1v) is 10.6. The molecule has 0 bridgehead atoms. The first kappa shape index (κ1) is 18.9. The summed E-state index contributed by atoms with van der Waals surface area (Å²) >= 11 is 0. The van der Waals surface area contributed by atoms with Crippen molar-refractivity contribution in [3.63, 3.8) is 0 Å². The second-order valence-corrected chi connectivity index (χ2v) is 8.35. The predicted molar refractivity (Wildman–Crippen MR) is 122 cm³/mol. The van der Waals surface area contributed by atoms with Crippen molar-refractivity contribution >= 4 is 16.6 Å². The number of fused-ring (bicyclic) bond motifs is 3. The number of H-pyrrole nitrogens is 1. The van der Waals surface area contributed by atoms with E-state index in [1.54, 1.807) is 6.20 Å². The van der Waals surface area contributed by atoms with Gasteiger partial charge in [-0.05, 0) is 50.6 Å². The van der Waals surface area contributed by atoms with Crippen molar-refractivity contribution in [2.24, 2.45) is 0 Å². The summed E-state index contributed by atoms with van der Waals surface area (Å²) in [6.45, 7) is 10.9. The van der Waals surface area contributed by atoms with E-state index in [1.807, 2.05) is 30.3 Å². The molecule has 30 heavy (non-hydrogen) atoms. The molecule has 0 spiro atoms. The van der Waals surface area contributed by atoms with Crippen LogP contribution in [-0.2, 0) is 0 Å². The smallest absolute Gasteiger partial charge is 0.282 e. The van der Waals surface area contributed by atoms with Gasteiger partial charge in [0, 0.05) is 49.5 Å². The molecule has 5 rings (SSSR count). The molecule has 3 aliphatic heterocycles. The molecule has 6 nitrogen and oxygen atoms in total. The summed E-state index contributed by atoms with van der Waals surface area (Å²) in [5.74, 6) is 0. The number of piperazine rings is 1. The van der Waals surface area contributed by atoms with Gasteiger partial charge in [0.05, 0.1) is 16.8 Å². The molecule has 0 amide bonds. The number of aryl methyl sites for hydroxylation is 1. The molecule has 6 heteroatoms. The summed E-state index contributed by atoms with van der Waals surface area (Å²) in [6, 6.07) is 14.5. The van der Waals surface area contributed by atoms with Gasteiger partial charge in [0.15, 0.2) is 0 Å². The van der Waals surface area contributed by atoms with E-state index in [4.69, 9.17) is 0 Å². The van der Waals surface area contributed by atoms with E-state index < -0.39 is 0 Å². The van der Waals surface area contributed by atoms with Crippen molar-refractivity contribution in [1.82, 2.24) is 19.7 Å². The Hall–Kier alpha value is -3.12. The number of aromatic nitrogens is 3. The summed E-state index contributed by atoms with van der Waals surface area (Å²) in [7, 11) is 0. The number of pyridine rings is 1. The number of nitrogens with one attached hydrogen (secondary N) is 1. The Morgan fingerprint density at radius 1 is 1.00 bits per heavy atom. The van der Waals surface area contributed by atoms with Crippen molar-refractivity contribution in [1.29, 1.82) is 0 Å². The van der Waals surface area contributed by atoms with Crippen LogP contribution in [0.4, 0.5) is 5.69 Å². The lowest BCUT2D eigenvalue weighted by atomic mass is 10.0. The van der Waals surface area contributed by atoms with Gasteiger partial charge < -0.3 is 9.88 Å². The van der Waals surface area contributed by atoms with Crippen molar-refractivity contribution < 1.29 is 0 Å². The average molecular weight is 402 g/mol. The molecule has 1 fully saturated rings. The molecule has 1 N–H and O–H groups in total. The molecule has 0 atom stereocenters. The standard InChI is InChI=1S/C24H27N5O/c1-16(2)27-11-13-28(14-12-27)21-10-9-19-22(17(21)3)25-15-20-23(19)26-29(24(20)30)18-7-5-4-6-8-18/h4-10,15-16,25H,11-14H2,1-3H3. The highest BCUT2D eigenvalue weighted by Crippen LogP contribution is 2.33. The molecule has 3 aliphatic rings. The number of anilines is 1. The Kier molecular flexibility index (Phi) is 4.59. The van der Waals surface area contributed by atoms with E-state index in [2.05, 4.69) is 52.8 Å². The minimum absolute atomic E-state index is 0.0964. The lowest BCUT2D eigenvalue weighted by molar-refractivity contribution is 0.209. The molecule has 154 valence electrons. The Morgan fingerprint density at radius 2 is 1.73 bits per heavy atom. The lowest BCUT2D eigenvalue weighted by Gasteiger charge is -2.38. The van der Waals surface area contributed by atoms with Gasteiger partial charge >= 0.3 is 0 Å². The van der Waals surface area contributed by atoms with Crippen LogP contribution in [0.1, 0.15) is 19.4 Å². The predicted octanol–water partition coefficient (Wildman–Crippen LogP) is 3.66. The zero-order chi connectivity index (χ0) is 20.8. The van der Waals surface area contributed by atoms with Crippen LogP contribution in [0.3, 0.4) is 0 Å². The molecule has 2 aromatic carbocycles. The van der Waals surface area contributed by atoms with Gasteiger partial charge in [0.1, 0.15) is 5.69 Å². The van der Waals surface area contributed by atoms with Crippen LogP contribution in [0.5, 0.6) is 0 Å². The molecule has 0 saturated carbocycles. The topological polar surface area (TPSA) is 57.2 Å². The van der Waals surface area contributed by atoms with E-state index in [0.29, 0.717) is 11.6 Å². The molecule has 0 radical (unpaired) electrons. The highest BCUT2D eigenvalue weighted by molar-refractivity contribution is 5.97. The molecule has 3 heterocycles. The second-order valence-electron chi connectivity index (χ2n) is 8.35. The van der Waals surface area contributed by atoms with E-state index in [9.17, 15) is 4.79 Å². The summed E-state index contributed by atoms with van der Waals surface area (Å²) in [5, 5.41) is 5.67. The maximum absolute atomic E-state index is 12.9. The normalized spacial score (nSPS) is 15.5. The van der Waals surface area contributed by atoms with Crippen molar-refractivity contribution in [3.05, 3.63) is 64.6 Å². The Bertz CT molecular complexity index is 1220. The summed E-state index contributed by atoms with van der Waals surface area (Å²) < 4.78 is 1.49. The first-order valence-electron chi connectivity index (χ1n) is 10.6. The third kappa shape index (κ3) is 2.99. The number of benzene rings is 2. The van der Waals surface area contributed by atoms with Gasteiger partial charge in [-0.1, -0.05) is 18.2 Å². The highest BCUT2D eigenvalue weighted by atomic mass is 16.1. The van der Waals surface area contributed by atoms with Crippen LogP contribution in [0.2, 0.25) is 0 Å². The minimum atomic E-state index is -0.0964. The lowest BCUT2D eigenvalue weighted by Crippen LogP contribution is -2.49. The third-order valence-corrected chi connectivity index (χ3v) is 6.32. The third-order valence-electron chi connectivity index (χ3n) is 6.32. The molecule has 2 aromatic rings. The van der Waals surface area contributed by atoms with Crippen molar-refractivity contribution in [2.75, 3.05) is 31.1 Å². The number of nitrogens with zero attached hydrogens (tertiary/aromatic N) is 4. The van der Waals surface area contributed by atoms with E-state index in [-0.39, 0.29) is 5.56 Å². The zero-order valence-electron chi connectivity index (χ0n) is 17.7. The Labute approximate surface area is 176 Å². The van der Waals surface area contributed by atoms with Gasteiger partial charge in [-0.3, -0.25) is 9.69 Å². The van der Waals surface area contributed by atoms with E-state index in [1.165, 1.54) is 15.9 Å². The quantitative estimate of drug-likeness (QED) is 0.569. The van der Waals surface area contributed by atoms with Crippen LogP contribution in [-0.4, -0.2) is 51.9 Å².